The first-order valence-electron chi connectivity index (χ1n) is 13.8. The van der Waals surface area contributed by atoms with Crippen LogP contribution < -0.4 is 11.0 Å². The Hall–Kier alpha value is -2.06. The fourth-order valence-corrected chi connectivity index (χ4v) is 30.2. The largest absolute Gasteiger partial charge is 0.415 e. The maximum atomic E-state index is 14.0. The number of hydrogen-bond acceptors (Lipinski definition) is 7. The zero-order chi connectivity index (χ0) is 28.7. The Kier molecular flexibility index (Phi) is 8.77. The van der Waals surface area contributed by atoms with Gasteiger partial charge < -0.3 is 14.2 Å². The Morgan fingerprint density at radius 3 is 2.08 bits per heavy atom. The molecule has 2 aromatic rings. The maximum absolute atomic E-state index is 14.0. The Morgan fingerprint density at radius 2 is 1.54 bits per heavy atom. The molecule has 1 aromatic carbocycles. The summed E-state index contributed by atoms with van der Waals surface area (Å²) in [6.07, 6.45) is 0.918. The van der Waals surface area contributed by atoms with Crippen molar-refractivity contribution in [2.24, 2.45) is 0 Å². The summed E-state index contributed by atoms with van der Waals surface area (Å²) in [7, 11) is -5.02. The molecule has 2 fully saturated rings. The van der Waals surface area contributed by atoms with Crippen molar-refractivity contribution in [2.45, 2.75) is 94.3 Å². The molecule has 0 bridgehead atoms. The van der Waals surface area contributed by atoms with Crippen LogP contribution in [0.2, 0.25) is 22.2 Å². The lowest BCUT2D eigenvalue weighted by Gasteiger charge is -2.54. The number of aromatic nitrogens is 2. The molecule has 11 heteroatoms. The number of anilines is 1. The van der Waals surface area contributed by atoms with Gasteiger partial charge in [0.25, 0.3) is 5.91 Å². The topological polar surface area (TPSA) is 99.5 Å². The Morgan fingerprint density at radius 1 is 0.949 bits per heavy atom. The number of amides is 1. The predicted octanol–water partition coefficient (Wildman–Crippen LogP) is 5.70. The second-order valence-corrected chi connectivity index (χ2v) is 26.1. The SMILES string of the molecule is CC(C)[Si]1(C(C)C)OC[C@H]2S[C@@H](n3ccc(NC(=O)c4ccccc4)nc3=O)C(=O)[C@@H]2O[Si]1(C(C)C)C(C)C. The molecule has 1 amide bonds. The van der Waals surface area contributed by atoms with E-state index in [2.05, 4.69) is 65.7 Å². The molecule has 2 saturated heterocycles. The molecule has 1 aromatic heterocycles. The summed E-state index contributed by atoms with van der Waals surface area (Å²) in [5.74, 6) is -0.315. The lowest BCUT2D eigenvalue weighted by molar-refractivity contribution is -0.126. The third kappa shape index (κ3) is 5.01. The van der Waals surface area contributed by atoms with Crippen LogP contribution in [0.15, 0.2) is 47.4 Å². The van der Waals surface area contributed by atoms with Gasteiger partial charge in [0.2, 0.25) is 15.7 Å². The molecule has 212 valence electrons. The van der Waals surface area contributed by atoms with E-state index in [0.29, 0.717) is 23.3 Å². The van der Waals surface area contributed by atoms with Crippen LogP contribution in [0.1, 0.15) is 71.1 Å². The zero-order valence-electron chi connectivity index (χ0n) is 24.1. The van der Waals surface area contributed by atoms with Gasteiger partial charge in [-0.1, -0.05) is 73.6 Å². The highest BCUT2D eigenvalue weighted by molar-refractivity contribution is 8.01. The monoisotopic (exact) mass is 587 g/mol. The van der Waals surface area contributed by atoms with Crippen LogP contribution in [-0.4, -0.2) is 54.9 Å². The van der Waals surface area contributed by atoms with Gasteiger partial charge in [0, 0.05) is 18.4 Å². The molecule has 2 aliphatic rings. The molecule has 8 nitrogen and oxygen atoms in total. The normalized spacial score (nSPS) is 24.3. The molecule has 3 atom stereocenters. The van der Waals surface area contributed by atoms with Crippen LogP contribution in [-0.2, 0) is 13.6 Å². The summed E-state index contributed by atoms with van der Waals surface area (Å²) in [5, 5.41) is 1.72. The lowest BCUT2D eigenvalue weighted by Crippen LogP contribution is -2.73. The number of hydrogen-bond donors (Lipinski definition) is 1. The fraction of sp³-hybridized carbons (Fsp3) is 0.571. The van der Waals surface area contributed by atoms with E-state index in [9.17, 15) is 14.4 Å². The van der Waals surface area contributed by atoms with Gasteiger partial charge >= 0.3 is 5.69 Å². The van der Waals surface area contributed by atoms with E-state index < -0.39 is 32.8 Å². The minimum absolute atomic E-state index is 0.103. The van der Waals surface area contributed by atoms with Crippen LogP contribution >= 0.6 is 11.8 Å². The van der Waals surface area contributed by atoms with Gasteiger partial charge in [-0.05, 0) is 40.4 Å². The number of nitrogens with zero attached hydrogens (tertiary/aromatic N) is 2. The molecule has 0 aliphatic carbocycles. The van der Waals surface area contributed by atoms with Crippen molar-refractivity contribution in [3.63, 3.8) is 0 Å². The molecular formula is C28H41N3O5SSi2. The van der Waals surface area contributed by atoms with Crippen LogP contribution in [0, 0.1) is 0 Å². The molecule has 0 unspecified atom stereocenters. The van der Waals surface area contributed by atoms with Gasteiger partial charge in [-0.2, -0.15) is 4.98 Å². The Labute approximate surface area is 237 Å². The average Bonchev–Trinajstić information content (AvgIpc) is 3.07. The first-order valence-corrected chi connectivity index (χ1v) is 19.9. The molecule has 2 aliphatic heterocycles. The van der Waals surface area contributed by atoms with Crippen LogP contribution in [0.3, 0.4) is 0 Å². The van der Waals surface area contributed by atoms with Gasteiger partial charge in [0.15, 0.2) is 5.78 Å². The van der Waals surface area contributed by atoms with Gasteiger partial charge in [0.1, 0.15) is 17.3 Å². The highest BCUT2D eigenvalue weighted by atomic mass is 32.2. The standard InChI is InChI=1S/C28H41N3O5SSi2/c1-17(2)38(18(3)4)35-16-22-25(36-39(38,19(5)6)20(7)8)24(32)27(37-22)31-15-14-23(30-28(31)34)29-26(33)21-12-10-9-11-13-21/h9-15,17-20,22,25,27H,16H2,1-8H3,(H,29,30,33,34)/t22-,25-,27-/m1/s1. The number of fused-ring (bicyclic) bond motifs is 1. The maximum Gasteiger partial charge on any atom is 0.350 e. The van der Waals surface area contributed by atoms with E-state index in [1.807, 2.05) is 6.07 Å². The van der Waals surface area contributed by atoms with Gasteiger partial charge in [-0.25, -0.2) is 4.79 Å². The summed E-state index contributed by atoms with van der Waals surface area (Å²) < 4.78 is 15.7. The van der Waals surface area contributed by atoms with E-state index in [1.165, 1.54) is 22.5 Å². The van der Waals surface area contributed by atoms with Crippen LogP contribution in [0.25, 0.3) is 0 Å². The highest BCUT2D eigenvalue weighted by Crippen LogP contribution is 2.55. The fourth-order valence-electron chi connectivity index (χ4n) is 6.91. The van der Waals surface area contributed by atoms with Crippen molar-refractivity contribution in [2.75, 3.05) is 11.9 Å². The number of benzene rings is 1. The summed E-state index contributed by atoms with van der Waals surface area (Å²) in [6, 6.07) is 10.3. The molecule has 0 spiro atoms. The molecule has 0 saturated carbocycles. The molecule has 4 rings (SSSR count). The number of Topliss-reactive ketones (excluding diaryl/α,β-unsaturated/α-hetero) is 1. The summed E-state index contributed by atoms with van der Waals surface area (Å²) in [4.78, 5) is 43.6. The third-order valence-corrected chi connectivity index (χ3v) is 30.6. The third-order valence-electron chi connectivity index (χ3n) is 8.38. The number of thioether (sulfide) groups is 1. The molecular weight excluding hydrogens is 547 g/mol. The smallest absolute Gasteiger partial charge is 0.350 e. The quantitative estimate of drug-likeness (QED) is 0.415. The summed E-state index contributed by atoms with van der Waals surface area (Å²) in [5.41, 5.74) is 1.15. The van der Waals surface area contributed by atoms with E-state index in [-0.39, 0.29) is 33.8 Å². The van der Waals surface area contributed by atoms with E-state index >= 15 is 0 Å². The summed E-state index contributed by atoms with van der Waals surface area (Å²) >= 11 is 1.43. The number of carbonyl (C=O) groups is 2. The minimum atomic E-state index is -2.59. The first-order chi connectivity index (χ1) is 18.4. The number of ketones is 1. The predicted molar refractivity (Wildman–Crippen MR) is 161 cm³/mol. The first kappa shape index (κ1) is 29.9. The van der Waals surface area contributed by atoms with Crippen LogP contribution in [0.5, 0.6) is 0 Å². The number of nitrogens with one attached hydrogen (secondary N) is 1. The average molecular weight is 588 g/mol. The molecule has 3 heterocycles. The Balaban J connectivity index is 1.64. The second-order valence-electron chi connectivity index (χ2n) is 11.8. The Bertz CT molecular complexity index is 1250. The number of carbonyl (C=O) groups excluding carboxylic acids is 2. The van der Waals surface area contributed by atoms with Crippen molar-refractivity contribution < 1.29 is 18.4 Å². The second kappa shape index (κ2) is 11.4. The van der Waals surface area contributed by atoms with Gasteiger partial charge in [-0.15, -0.1) is 11.8 Å². The summed E-state index contributed by atoms with van der Waals surface area (Å²) in [6.45, 7) is 18.5. The van der Waals surface area contributed by atoms with E-state index in [4.69, 9.17) is 8.85 Å². The van der Waals surface area contributed by atoms with Crippen molar-refractivity contribution in [3.8, 4) is 0 Å². The van der Waals surface area contributed by atoms with Crippen molar-refractivity contribution in [3.05, 3.63) is 58.6 Å². The van der Waals surface area contributed by atoms with Crippen molar-refractivity contribution in [1.29, 1.82) is 0 Å². The lowest BCUT2D eigenvalue weighted by atomic mass is 10.2. The van der Waals surface area contributed by atoms with Crippen molar-refractivity contribution >= 4 is 44.9 Å². The van der Waals surface area contributed by atoms with Crippen LogP contribution in [0.4, 0.5) is 5.82 Å². The zero-order valence-corrected chi connectivity index (χ0v) is 27.0. The number of rotatable bonds is 7. The van der Waals surface area contributed by atoms with Crippen molar-refractivity contribution in [1.82, 2.24) is 9.55 Å². The molecule has 0 radical (unpaired) electrons. The van der Waals surface area contributed by atoms with Gasteiger partial charge in [0.05, 0.1) is 5.25 Å². The minimum Gasteiger partial charge on any atom is -0.415 e. The molecule has 39 heavy (non-hydrogen) atoms. The molecule has 1 N–H and O–H groups in total. The van der Waals surface area contributed by atoms with Gasteiger partial charge in [-0.3, -0.25) is 14.2 Å². The van der Waals surface area contributed by atoms with E-state index in [1.54, 1.807) is 30.3 Å². The van der Waals surface area contributed by atoms with E-state index in [0.717, 1.165) is 0 Å². The highest BCUT2D eigenvalue weighted by Gasteiger charge is 2.69.